The number of imide groups is 1. The number of rotatable bonds is 8. The molecule has 1 aliphatic rings. The summed E-state index contributed by atoms with van der Waals surface area (Å²) in [6, 6.07) is 28.5. The van der Waals surface area contributed by atoms with Crippen LogP contribution in [-0.4, -0.2) is 30.8 Å². The van der Waals surface area contributed by atoms with E-state index in [1.54, 1.807) is 42.5 Å². The van der Waals surface area contributed by atoms with Crippen LogP contribution in [0.1, 0.15) is 20.7 Å². The van der Waals surface area contributed by atoms with Crippen molar-refractivity contribution in [3.8, 4) is 11.5 Å². The third kappa shape index (κ3) is 5.95. The van der Waals surface area contributed by atoms with Crippen LogP contribution in [0.3, 0.4) is 0 Å². The van der Waals surface area contributed by atoms with Gasteiger partial charge in [0.25, 0.3) is 17.7 Å². The van der Waals surface area contributed by atoms with Crippen LogP contribution in [0.15, 0.2) is 114 Å². The highest BCUT2D eigenvalue weighted by Gasteiger charge is 2.39. The lowest BCUT2D eigenvalue weighted by Crippen LogP contribution is -2.32. The molecule has 5 rings (SSSR count). The third-order valence-electron chi connectivity index (χ3n) is 6.04. The first kappa shape index (κ1) is 27.2. The van der Waals surface area contributed by atoms with Crippen LogP contribution in [0.25, 0.3) is 0 Å². The average molecular weight is 568 g/mol. The van der Waals surface area contributed by atoms with Crippen molar-refractivity contribution in [2.24, 2.45) is 0 Å². The maximum Gasteiger partial charge on any atom is 0.337 e. The standard InChI is InChI=1S/C31H22ClN3O6/c1-40-31(39)20-8-6-10-23(18-20)35-29(37)26(32)27(30(35)38)33-22-9-5-7-19(17-22)28(36)34-21-13-15-25(16-14-21)41-24-11-3-2-4-12-24/h2-18,33H,1H3,(H,34,36). The fourth-order valence-electron chi connectivity index (χ4n) is 4.05. The van der Waals surface area contributed by atoms with E-state index in [2.05, 4.69) is 10.6 Å². The van der Waals surface area contributed by atoms with Crippen LogP contribution in [0.4, 0.5) is 17.1 Å². The van der Waals surface area contributed by atoms with Gasteiger partial charge in [-0.05, 0) is 72.8 Å². The zero-order chi connectivity index (χ0) is 28.9. The Morgan fingerprint density at radius 1 is 0.732 bits per heavy atom. The second-order valence-corrected chi connectivity index (χ2v) is 9.15. The van der Waals surface area contributed by atoms with E-state index in [1.807, 2.05) is 30.3 Å². The second kappa shape index (κ2) is 11.8. The molecule has 0 atom stereocenters. The molecular weight excluding hydrogens is 546 g/mol. The van der Waals surface area contributed by atoms with E-state index in [4.69, 9.17) is 21.1 Å². The molecule has 0 saturated carbocycles. The molecule has 4 aromatic rings. The molecule has 0 aliphatic carbocycles. The molecule has 0 saturated heterocycles. The molecule has 3 amide bonds. The SMILES string of the molecule is COC(=O)c1cccc(N2C(=O)C(Cl)=C(Nc3cccc(C(=O)Nc4ccc(Oc5ccccc5)cc4)c3)C2=O)c1. The van der Waals surface area contributed by atoms with Gasteiger partial charge in [0.05, 0.1) is 18.4 Å². The van der Waals surface area contributed by atoms with Gasteiger partial charge < -0.3 is 20.1 Å². The van der Waals surface area contributed by atoms with E-state index in [9.17, 15) is 19.2 Å². The van der Waals surface area contributed by atoms with Crippen LogP contribution in [0.2, 0.25) is 0 Å². The average Bonchev–Trinajstić information content (AvgIpc) is 3.21. The Hall–Kier alpha value is -5.41. The molecule has 0 radical (unpaired) electrons. The highest BCUT2D eigenvalue weighted by atomic mass is 35.5. The van der Waals surface area contributed by atoms with E-state index in [0.717, 1.165) is 4.90 Å². The zero-order valence-corrected chi connectivity index (χ0v) is 22.3. The Bertz CT molecular complexity index is 1690. The van der Waals surface area contributed by atoms with Gasteiger partial charge in [0.1, 0.15) is 22.2 Å². The minimum absolute atomic E-state index is 0.158. The molecule has 4 aromatic carbocycles. The number of ether oxygens (including phenoxy) is 2. The number of hydrogen-bond acceptors (Lipinski definition) is 7. The molecule has 10 heteroatoms. The van der Waals surface area contributed by atoms with E-state index in [1.165, 1.54) is 37.4 Å². The number of amides is 3. The Balaban J connectivity index is 1.27. The van der Waals surface area contributed by atoms with Gasteiger partial charge in [-0.15, -0.1) is 0 Å². The monoisotopic (exact) mass is 567 g/mol. The number of halogens is 1. The summed E-state index contributed by atoms with van der Waals surface area (Å²) in [4.78, 5) is 51.7. The Morgan fingerprint density at radius 2 is 1.41 bits per heavy atom. The van der Waals surface area contributed by atoms with Gasteiger partial charge in [-0.3, -0.25) is 14.4 Å². The van der Waals surface area contributed by atoms with Crippen molar-refractivity contribution in [2.45, 2.75) is 0 Å². The van der Waals surface area contributed by atoms with Crippen molar-refractivity contribution < 1.29 is 28.7 Å². The molecule has 0 bridgehead atoms. The molecule has 0 fully saturated rings. The molecule has 0 spiro atoms. The topological polar surface area (TPSA) is 114 Å². The number of benzene rings is 4. The number of methoxy groups -OCH3 is 1. The first-order chi connectivity index (χ1) is 19.8. The third-order valence-corrected chi connectivity index (χ3v) is 6.39. The second-order valence-electron chi connectivity index (χ2n) is 8.78. The number of anilines is 3. The van der Waals surface area contributed by atoms with Crippen molar-refractivity contribution in [2.75, 3.05) is 22.6 Å². The molecule has 1 heterocycles. The zero-order valence-electron chi connectivity index (χ0n) is 21.6. The Labute approximate surface area is 239 Å². The Kier molecular flexibility index (Phi) is 7.80. The normalized spacial score (nSPS) is 12.8. The smallest absolute Gasteiger partial charge is 0.337 e. The van der Waals surface area contributed by atoms with Crippen molar-refractivity contribution >= 4 is 52.4 Å². The van der Waals surface area contributed by atoms with Crippen LogP contribution in [0.5, 0.6) is 11.5 Å². The predicted molar refractivity (Wildman–Crippen MR) is 154 cm³/mol. The number of nitrogens with one attached hydrogen (secondary N) is 2. The molecule has 9 nitrogen and oxygen atoms in total. The van der Waals surface area contributed by atoms with Crippen LogP contribution >= 0.6 is 11.6 Å². The molecule has 204 valence electrons. The van der Waals surface area contributed by atoms with Crippen LogP contribution in [-0.2, 0) is 14.3 Å². The summed E-state index contributed by atoms with van der Waals surface area (Å²) in [5.41, 5.74) is 1.39. The first-order valence-electron chi connectivity index (χ1n) is 12.3. The minimum Gasteiger partial charge on any atom is -0.465 e. The molecule has 1 aliphatic heterocycles. The van der Waals surface area contributed by atoms with E-state index >= 15 is 0 Å². The maximum absolute atomic E-state index is 13.2. The minimum atomic E-state index is -0.755. The molecule has 0 aromatic heterocycles. The number of para-hydroxylation sites is 1. The molecule has 0 unspecified atom stereocenters. The highest BCUT2D eigenvalue weighted by Crippen LogP contribution is 2.31. The number of carbonyl (C=O) groups is 4. The molecule has 41 heavy (non-hydrogen) atoms. The van der Waals surface area contributed by atoms with Crippen LogP contribution < -0.4 is 20.3 Å². The summed E-state index contributed by atoms with van der Waals surface area (Å²) < 4.78 is 10.5. The van der Waals surface area contributed by atoms with E-state index in [0.29, 0.717) is 28.4 Å². The molecule has 2 N–H and O–H groups in total. The fraction of sp³-hybridized carbons (Fsp3) is 0.0323. The van der Waals surface area contributed by atoms with Gasteiger partial charge >= 0.3 is 5.97 Å². The van der Waals surface area contributed by atoms with Crippen molar-refractivity contribution in [3.63, 3.8) is 0 Å². The number of esters is 1. The van der Waals surface area contributed by atoms with Gasteiger partial charge in [-0.25, -0.2) is 9.69 Å². The number of nitrogens with zero attached hydrogens (tertiary/aromatic N) is 1. The lowest BCUT2D eigenvalue weighted by Gasteiger charge is -2.16. The lowest BCUT2D eigenvalue weighted by atomic mass is 10.1. The lowest BCUT2D eigenvalue weighted by molar-refractivity contribution is -0.120. The summed E-state index contributed by atoms with van der Waals surface area (Å²) in [5.74, 6) is -1.16. The van der Waals surface area contributed by atoms with Crippen molar-refractivity contribution in [1.82, 2.24) is 0 Å². The summed E-state index contributed by atoms with van der Waals surface area (Å²) >= 11 is 6.25. The number of carbonyl (C=O) groups excluding carboxylic acids is 4. The van der Waals surface area contributed by atoms with Gasteiger partial charge in [-0.2, -0.15) is 0 Å². The fourth-order valence-corrected chi connectivity index (χ4v) is 4.26. The first-order valence-corrected chi connectivity index (χ1v) is 12.7. The maximum atomic E-state index is 13.2. The summed E-state index contributed by atoms with van der Waals surface area (Å²) in [6.45, 7) is 0. The Morgan fingerprint density at radius 3 is 2.15 bits per heavy atom. The van der Waals surface area contributed by atoms with Gasteiger partial charge in [0.15, 0.2) is 0 Å². The summed E-state index contributed by atoms with van der Waals surface area (Å²) in [5, 5.41) is 5.34. The molecular formula is C31H22ClN3O6. The van der Waals surface area contributed by atoms with Crippen molar-refractivity contribution in [3.05, 3.63) is 125 Å². The van der Waals surface area contributed by atoms with Gasteiger partial charge in [0.2, 0.25) is 0 Å². The largest absolute Gasteiger partial charge is 0.465 e. The van der Waals surface area contributed by atoms with E-state index < -0.39 is 17.8 Å². The number of hydrogen-bond donors (Lipinski definition) is 2. The summed E-state index contributed by atoms with van der Waals surface area (Å²) in [6.07, 6.45) is 0. The predicted octanol–water partition coefficient (Wildman–Crippen LogP) is 5.95. The quantitative estimate of drug-likeness (QED) is 0.200. The van der Waals surface area contributed by atoms with Gasteiger partial charge in [0, 0.05) is 16.9 Å². The van der Waals surface area contributed by atoms with Gasteiger partial charge in [-0.1, -0.05) is 41.9 Å². The van der Waals surface area contributed by atoms with Crippen molar-refractivity contribution in [1.29, 1.82) is 0 Å². The highest BCUT2D eigenvalue weighted by molar-refractivity contribution is 6.53. The summed E-state index contributed by atoms with van der Waals surface area (Å²) in [7, 11) is 1.23. The van der Waals surface area contributed by atoms with E-state index in [-0.39, 0.29) is 27.9 Å². The van der Waals surface area contributed by atoms with Crippen LogP contribution in [0, 0.1) is 0 Å².